The van der Waals surface area contributed by atoms with Crippen molar-refractivity contribution in [2.45, 2.75) is 20.3 Å². The molecule has 0 bridgehead atoms. The third-order valence-corrected chi connectivity index (χ3v) is 2.14. The lowest BCUT2D eigenvalue weighted by Crippen LogP contribution is -1.97. The summed E-state index contributed by atoms with van der Waals surface area (Å²) in [6, 6.07) is 6.23. The van der Waals surface area contributed by atoms with Crippen LogP contribution >= 0.6 is 0 Å². The topological polar surface area (TPSA) is 9.23 Å². The van der Waals surface area contributed by atoms with Crippen LogP contribution in [0.4, 0.5) is 0 Å². The normalized spacial score (nSPS) is 10.5. The number of allylic oxidation sites excluding steroid dienone is 2. The molecule has 0 spiro atoms. The molecule has 0 amide bonds. The monoisotopic (exact) mass is 202 g/mol. The van der Waals surface area contributed by atoms with E-state index in [1.807, 2.05) is 12.1 Å². The molecule has 0 fully saturated rings. The molecule has 0 aromatic heterocycles. The highest BCUT2D eigenvalue weighted by molar-refractivity contribution is 5.35. The molecule has 0 N–H and O–H groups in total. The highest BCUT2D eigenvalue weighted by atomic mass is 16.5. The van der Waals surface area contributed by atoms with Gasteiger partial charge in [0.05, 0.1) is 6.61 Å². The molecule has 1 nitrogen and oxygen atoms in total. The number of rotatable bonds is 5. The third-order valence-electron chi connectivity index (χ3n) is 2.14. The van der Waals surface area contributed by atoms with Crippen molar-refractivity contribution >= 4 is 0 Å². The summed E-state index contributed by atoms with van der Waals surface area (Å²) < 4.78 is 5.65. The van der Waals surface area contributed by atoms with Gasteiger partial charge in [0.25, 0.3) is 0 Å². The smallest absolute Gasteiger partial charge is 0.122 e. The van der Waals surface area contributed by atoms with Crippen LogP contribution in [-0.4, -0.2) is 6.61 Å². The van der Waals surface area contributed by atoms with Gasteiger partial charge >= 0.3 is 0 Å². The average Bonchev–Trinajstić information content (AvgIpc) is 2.20. The molecular formula is C14H18O. The van der Waals surface area contributed by atoms with E-state index in [1.165, 1.54) is 11.1 Å². The molecule has 0 aliphatic heterocycles. The SMILES string of the molecule is C=C/C=C/CCOc1ccc(C)cc1C. The summed E-state index contributed by atoms with van der Waals surface area (Å²) in [6.45, 7) is 8.49. The lowest BCUT2D eigenvalue weighted by Gasteiger charge is -2.08. The van der Waals surface area contributed by atoms with Gasteiger partial charge in [0, 0.05) is 0 Å². The largest absolute Gasteiger partial charge is 0.493 e. The van der Waals surface area contributed by atoms with Crippen LogP contribution in [0.25, 0.3) is 0 Å². The summed E-state index contributed by atoms with van der Waals surface area (Å²) in [6.07, 6.45) is 6.68. The maximum absolute atomic E-state index is 5.65. The van der Waals surface area contributed by atoms with E-state index < -0.39 is 0 Å². The number of aryl methyl sites for hydroxylation is 2. The first-order valence-corrected chi connectivity index (χ1v) is 5.21. The summed E-state index contributed by atoms with van der Waals surface area (Å²) in [5.74, 6) is 0.979. The lowest BCUT2D eigenvalue weighted by atomic mass is 10.1. The second-order valence-electron chi connectivity index (χ2n) is 3.57. The molecule has 0 radical (unpaired) electrons. The Kier molecular flexibility index (Phi) is 4.69. The molecule has 0 atom stereocenters. The van der Waals surface area contributed by atoms with Crippen molar-refractivity contribution in [3.05, 3.63) is 54.1 Å². The summed E-state index contributed by atoms with van der Waals surface area (Å²) in [5, 5.41) is 0. The van der Waals surface area contributed by atoms with E-state index in [4.69, 9.17) is 4.74 Å². The zero-order valence-electron chi connectivity index (χ0n) is 9.49. The van der Waals surface area contributed by atoms with E-state index in [2.05, 4.69) is 38.6 Å². The first-order valence-electron chi connectivity index (χ1n) is 5.21. The zero-order valence-corrected chi connectivity index (χ0v) is 9.49. The predicted octanol–water partition coefficient (Wildman–Crippen LogP) is 3.81. The number of hydrogen-bond donors (Lipinski definition) is 0. The quantitative estimate of drug-likeness (QED) is 0.521. The van der Waals surface area contributed by atoms with Crippen LogP contribution in [0, 0.1) is 13.8 Å². The van der Waals surface area contributed by atoms with Crippen molar-refractivity contribution < 1.29 is 4.74 Å². The van der Waals surface area contributed by atoms with E-state index in [0.29, 0.717) is 6.61 Å². The fourth-order valence-corrected chi connectivity index (χ4v) is 1.39. The van der Waals surface area contributed by atoms with Gasteiger partial charge in [0.15, 0.2) is 0 Å². The van der Waals surface area contributed by atoms with Crippen LogP contribution in [0.2, 0.25) is 0 Å². The van der Waals surface area contributed by atoms with Gasteiger partial charge in [0.1, 0.15) is 5.75 Å². The van der Waals surface area contributed by atoms with Crippen LogP contribution < -0.4 is 4.74 Å². The van der Waals surface area contributed by atoms with Gasteiger partial charge in [-0.05, 0) is 31.9 Å². The number of ether oxygens (including phenoxy) is 1. The molecule has 1 rings (SSSR count). The third kappa shape index (κ3) is 4.03. The minimum absolute atomic E-state index is 0.717. The number of hydrogen-bond acceptors (Lipinski definition) is 1. The Morgan fingerprint density at radius 3 is 2.80 bits per heavy atom. The maximum Gasteiger partial charge on any atom is 0.122 e. The molecule has 0 heterocycles. The Labute approximate surface area is 92.1 Å². The molecular weight excluding hydrogens is 184 g/mol. The van der Waals surface area contributed by atoms with Crippen molar-refractivity contribution in [3.63, 3.8) is 0 Å². The van der Waals surface area contributed by atoms with Crippen molar-refractivity contribution in [2.24, 2.45) is 0 Å². The Hall–Kier alpha value is -1.50. The van der Waals surface area contributed by atoms with Crippen LogP contribution in [-0.2, 0) is 0 Å². The van der Waals surface area contributed by atoms with Gasteiger partial charge in [0.2, 0.25) is 0 Å². The Bertz CT molecular complexity index is 350. The van der Waals surface area contributed by atoms with Crippen molar-refractivity contribution in [1.29, 1.82) is 0 Å². The second kappa shape index (κ2) is 6.07. The molecule has 1 aromatic carbocycles. The highest BCUT2D eigenvalue weighted by Crippen LogP contribution is 2.18. The first kappa shape index (κ1) is 11.6. The fraction of sp³-hybridized carbons (Fsp3) is 0.286. The van der Waals surface area contributed by atoms with Crippen LogP contribution in [0.1, 0.15) is 17.5 Å². The van der Waals surface area contributed by atoms with Crippen molar-refractivity contribution in [3.8, 4) is 5.75 Å². The second-order valence-corrected chi connectivity index (χ2v) is 3.57. The van der Waals surface area contributed by atoms with Gasteiger partial charge < -0.3 is 4.74 Å². The van der Waals surface area contributed by atoms with Gasteiger partial charge in [-0.15, -0.1) is 0 Å². The molecule has 0 aliphatic carbocycles. The highest BCUT2D eigenvalue weighted by Gasteiger charge is 1.97. The minimum atomic E-state index is 0.717. The standard InChI is InChI=1S/C14H18O/c1-4-5-6-7-10-15-14-9-8-12(2)11-13(14)3/h4-6,8-9,11H,1,7,10H2,2-3H3/b6-5+. The molecule has 0 aliphatic rings. The predicted molar refractivity (Wildman–Crippen MR) is 65.4 cm³/mol. The minimum Gasteiger partial charge on any atom is -0.493 e. The lowest BCUT2D eigenvalue weighted by molar-refractivity contribution is 0.322. The first-order chi connectivity index (χ1) is 7.24. The average molecular weight is 202 g/mol. The van der Waals surface area contributed by atoms with Gasteiger partial charge in [-0.3, -0.25) is 0 Å². The summed E-state index contributed by atoms with van der Waals surface area (Å²) in [5.41, 5.74) is 2.47. The van der Waals surface area contributed by atoms with Gasteiger partial charge in [-0.25, -0.2) is 0 Å². The van der Waals surface area contributed by atoms with Gasteiger partial charge in [-0.1, -0.05) is 42.5 Å². The van der Waals surface area contributed by atoms with Crippen molar-refractivity contribution in [2.75, 3.05) is 6.61 Å². The molecule has 0 unspecified atom stereocenters. The molecule has 0 saturated heterocycles. The zero-order chi connectivity index (χ0) is 11.1. The van der Waals surface area contributed by atoms with Crippen LogP contribution in [0.3, 0.4) is 0 Å². The number of benzene rings is 1. The van der Waals surface area contributed by atoms with Gasteiger partial charge in [-0.2, -0.15) is 0 Å². The fourth-order valence-electron chi connectivity index (χ4n) is 1.39. The molecule has 15 heavy (non-hydrogen) atoms. The summed E-state index contributed by atoms with van der Waals surface area (Å²) >= 11 is 0. The molecule has 1 aromatic rings. The molecule has 0 saturated carbocycles. The summed E-state index contributed by atoms with van der Waals surface area (Å²) in [7, 11) is 0. The van der Waals surface area contributed by atoms with Crippen LogP contribution in [0.15, 0.2) is 43.0 Å². The van der Waals surface area contributed by atoms with E-state index in [-0.39, 0.29) is 0 Å². The van der Waals surface area contributed by atoms with E-state index >= 15 is 0 Å². The van der Waals surface area contributed by atoms with E-state index in [0.717, 1.165) is 12.2 Å². The van der Waals surface area contributed by atoms with Crippen LogP contribution in [0.5, 0.6) is 5.75 Å². The maximum atomic E-state index is 5.65. The Morgan fingerprint density at radius 2 is 2.13 bits per heavy atom. The van der Waals surface area contributed by atoms with Crippen molar-refractivity contribution in [1.82, 2.24) is 0 Å². The van der Waals surface area contributed by atoms with E-state index in [9.17, 15) is 0 Å². The Morgan fingerprint density at radius 1 is 1.33 bits per heavy atom. The Balaban J connectivity index is 2.44. The summed E-state index contributed by atoms with van der Waals surface area (Å²) in [4.78, 5) is 0. The molecule has 1 heteroatoms. The van der Waals surface area contributed by atoms with E-state index in [1.54, 1.807) is 6.08 Å². The molecule has 80 valence electrons.